The Labute approximate surface area is 109 Å². The molecule has 0 saturated carbocycles. The largest absolute Gasteiger partial charge is 0.421 e. The maximum absolute atomic E-state index is 11.8. The van der Waals surface area contributed by atoms with Crippen LogP contribution < -0.4 is 11.5 Å². The van der Waals surface area contributed by atoms with E-state index in [4.69, 9.17) is 10.2 Å². The topological polar surface area (TPSA) is 74.0 Å². The molecule has 5 heteroatoms. The minimum Gasteiger partial charge on any atom is -0.406 e. The molecule has 96 valence electrons. The number of pyridine rings is 1. The highest BCUT2D eigenvalue weighted by Crippen LogP contribution is 2.11. The quantitative estimate of drug-likeness (QED) is 0.724. The van der Waals surface area contributed by atoms with Crippen molar-refractivity contribution in [3.8, 4) is 0 Å². The van der Waals surface area contributed by atoms with Gasteiger partial charge in [0.25, 0.3) is 0 Å². The lowest BCUT2D eigenvalue weighted by atomic mass is 10.1. The van der Waals surface area contributed by atoms with Crippen molar-refractivity contribution in [3.63, 3.8) is 0 Å². The molecule has 19 heavy (non-hydrogen) atoms. The van der Waals surface area contributed by atoms with Crippen molar-refractivity contribution in [2.45, 2.75) is 13.0 Å². The van der Waals surface area contributed by atoms with Gasteiger partial charge in [0.1, 0.15) is 0 Å². The SMILES string of the molecule is Nc1ccc(CCn2c(=O)oc3cccnc32)cc1. The highest BCUT2D eigenvalue weighted by atomic mass is 16.4. The number of aromatic nitrogens is 2. The van der Waals surface area contributed by atoms with Crippen LogP contribution in [0.5, 0.6) is 0 Å². The summed E-state index contributed by atoms with van der Waals surface area (Å²) >= 11 is 0. The van der Waals surface area contributed by atoms with Gasteiger partial charge in [0.2, 0.25) is 0 Å². The summed E-state index contributed by atoms with van der Waals surface area (Å²) in [5.41, 5.74) is 8.59. The molecule has 3 aromatic rings. The van der Waals surface area contributed by atoms with Crippen LogP contribution in [0.2, 0.25) is 0 Å². The number of hydrogen-bond donors (Lipinski definition) is 1. The van der Waals surface area contributed by atoms with Crippen LogP contribution in [0.4, 0.5) is 5.69 Å². The molecule has 2 aromatic heterocycles. The van der Waals surface area contributed by atoms with Crippen molar-refractivity contribution in [3.05, 3.63) is 58.7 Å². The number of rotatable bonds is 3. The van der Waals surface area contributed by atoms with Gasteiger partial charge < -0.3 is 10.2 Å². The van der Waals surface area contributed by atoms with Gasteiger partial charge in [0, 0.05) is 18.4 Å². The highest BCUT2D eigenvalue weighted by Gasteiger charge is 2.09. The van der Waals surface area contributed by atoms with Crippen molar-refractivity contribution in [1.29, 1.82) is 0 Å². The molecule has 0 amide bonds. The minimum atomic E-state index is -0.371. The maximum atomic E-state index is 11.8. The molecule has 1 aromatic carbocycles. The molecule has 0 radical (unpaired) electrons. The van der Waals surface area contributed by atoms with Gasteiger partial charge in [-0.2, -0.15) is 0 Å². The summed E-state index contributed by atoms with van der Waals surface area (Å²) in [7, 11) is 0. The van der Waals surface area contributed by atoms with Crippen LogP contribution >= 0.6 is 0 Å². The summed E-state index contributed by atoms with van der Waals surface area (Å²) in [5, 5.41) is 0. The average molecular weight is 255 g/mol. The first-order chi connectivity index (χ1) is 9.24. The first-order valence-electron chi connectivity index (χ1n) is 6.03. The monoisotopic (exact) mass is 255 g/mol. The van der Waals surface area contributed by atoms with Crippen molar-refractivity contribution < 1.29 is 4.42 Å². The van der Waals surface area contributed by atoms with E-state index in [0.29, 0.717) is 17.8 Å². The van der Waals surface area contributed by atoms with E-state index in [0.717, 1.165) is 17.7 Å². The number of hydrogen-bond acceptors (Lipinski definition) is 4. The van der Waals surface area contributed by atoms with Crippen LogP contribution in [0.25, 0.3) is 11.2 Å². The summed E-state index contributed by atoms with van der Waals surface area (Å²) in [6.45, 7) is 0.534. The zero-order valence-electron chi connectivity index (χ0n) is 10.2. The number of anilines is 1. The number of nitrogens with zero attached hydrogens (tertiary/aromatic N) is 2. The Morgan fingerprint density at radius 2 is 2.00 bits per heavy atom. The third kappa shape index (κ3) is 2.22. The van der Waals surface area contributed by atoms with Gasteiger partial charge in [-0.25, -0.2) is 9.78 Å². The molecule has 0 aliphatic carbocycles. The third-order valence-electron chi connectivity index (χ3n) is 3.03. The second-order valence-corrected chi connectivity index (χ2v) is 4.34. The first-order valence-corrected chi connectivity index (χ1v) is 6.03. The van der Waals surface area contributed by atoms with E-state index in [2.05, 4.69) is 4.98 Å². The molecule has 3 rings (SSSR count). The molecule has 0 saturated heterocycles. The Kier molecular flexibility index (Phi) is 2.79. The lowest BCUT2D eigenvalue weighted by Gasteiger charge is -2.02. The van der Waals surface area contributed by atoms with E-state index in [1.54, 1.807) is 22.9 Å². The second kappa shape index (κ2) is 4.61. The van der Waals surface area contributed by atoms with Gasteiger partial charge in [0.05, 0.1) is 0 Å². The molecule has 5 nitrogen and oxygen atoms in total. The van der Waals surface area contributed by atoms with Gasteiger partial charge in [0.15, 0.2) is 11.2 Å². The average Bonchev–Trinajstić information content (AvgIpc) is 2.74. The standard InChI is InChI=1S/C14H13N3O2/c15-11-5-3-10(4-6-11)7-9-17-13-12(19-14(17)18)2-1-8-16-13/h1-6,8H,7,9,15H2. The first kappa shape index (κ1) is 11.5. The fourth-order valence-corrected chi connectivity index (χ4v) is 2.02. The molecule has 0 spiro atoms. The Balaban J connectivity index is 1.87. The van der Waals surface area contributed by atoms with Crippen molar-refractivity contribution in [2.75, 3.05) is 5.73 Å². The summed E-state index contributed by atoms with van der Waals surface area (Å²) in [6, 6.07) is 11.1. The lowest BCUT2D eigenvalue weighted by molar-refractivity contribution is 0.505. The van der Waals surface area contributed by atoms with Gasteiger partial charge in [-0.05, 0) is 36.2 Å². The maximum Gasteiger partial charge on any atom is 0.421 e. The zero-order chi connectivity index (χ0) is 13.2. The fraction of sp³-hybridized carbons (Fsp3) is 0.143. The molecule has 0 bridgehead atoms. The van der Waals surface area contributed by atoms with Crippen LogP contribution in [-0.4, -0.2) is 9.55 Å². The van der Waals surface area contributed by atoms with Crippen LogP contribution in [0, 0.1) is 0 Å². The molecule has 0 aliphatic heterocycles. The molecular formula is C14H13N3O2. The number of nitrogen functional groups attached to an aromatic ring is 1. The lowest BCUT2D eigenvalue weighted by Crippen LogP contribution is -2.16. The van der Waals surface area contributed by atoms with Crippen LogP contribution in [0.15, 0.2) is 51.8 Å². The van der Waals surface area contributed by atoms with Crippen LogP contribution in [-0.2, 0) is 13.0 Å². The van der Waals surface area contributed by atoms with Crippen LogP contribution in [0.1, 0.15) is 5.56 Å². The summed E-state index contributed by atoms with van der Waals surface area (Å²) in [4.78, 5) is 15.9. The summed E-state index contributed by atoms with van der Waals surface area (Å²) in [6.07, 6.45) is 2.38. The van der Waals surface area contributed by atoms with Crippen molar-refractivity contribution in [1.82, 2.24) is 9.55 Å². The summed E-state index contributed by atoms with van der Waals surface area (Å²) in [5.74, 6) is -0.371. The Hall–Kier alpha value is -2.56. The van der Waals surface area contributed by atoms with Gasteiger partial charge >= 0.3 is 5.76 Å². The minimum absolute atomic E-state index is 0.371. The predicted octanol–water partition coefficient (Wildman–Crippen LogP) is 1.81. The Bertz CT molecular complexity index is 756. The molecule has 0 aliphatic rings. The van der Waals surface area contributed by atoms with E-state index in [-0.39, 0.29) is 5.76 Å². The number of fused-ring (bicyclic) bond motifs is 1. The molecule has 0 fully saturated rings. The summed E-state index contributed by atoms with van der Waals surface area (Å²) < 4.78 is 6.68. The van der Waals surface area contributed by atoms with E-state index < -0.39 is 0 Å². The smallest absolute Gasteiger partial charge is 0.406 e. The fourth-order valence-electron chi connectivity index (χ4n) is 2.02. The molecule has 2 heterocycles. The van der Waals surface area contributed by atoms with Crippen LogP contribution in [0.3, 0.4) is 0 Å². The molecule has 2 N–H and O–H groups in total. The number of aryl methyl sites for hydroxylation is 2. The molecule has 0 unspecified atom stereocenters. The van der Waals surface area contributed by atoms with E-state index >= 15 is 0 Å². The predicted molar refractivity (Wildman–Crippen MR) is 72.8 cm³/mol. The number of oxazole rings is 1. The molecular weight excluding hydrogens is 242 g/mol. The molecule has 0 atom stereocenters. The van der Waals surface area contributed by atoms with Gasteiger partial charge in [-0.3, -0.25) is 4.57 Å². The van der Waals surface area contributed by atoms with Gasteiger partial charge in [-0.15, -0.1) is 0 Å². The van der Waals surface area contributed by atoms with E-state index in [9.17, 15) is 4.79 Å². The van der Waals surface area contributed by atoms with E-state index in [1.165, 1.54) is 0 Å². The Morgan fingerprint density at radius 1 is 1.21 bits per heavy atom. The number of benzene rings is 1. The van der Waals surface area contributed by atoms with Crippen molar-refractivity contribution in [2.24, 2.45) is 0 Å². The van der Waals surface area contributed by atoms with Crippen molar-refractivity contribution >= 4 is 16.9 Å². The zero-order valence-corrected chi connectivity index (χ0v) is 10.2. The van der Waals surface area contributed by atoms with Gasteiger partial charge in [-0.1, -0.05) is 12.1 Å². The number of nitrogens with two attached hydrogens (primary N) is 1. The Morgan fingerprint density at radius 3 is 2.79 bits per heavy atom. The third-order valence-corrected chi connectivity index (χ3v) is 3.03. The highest BCUT2D eigenvalue weighted by molar-refractivity contribution is 5.67. The second-order valence-electron chi connectivity index (χ2n) is 4.34. The van der Waals surface area contributed by atoms with E-state index in [1.807, 2.05) is 24.3 Å². The normalized spacial score (nSPS) is 10.9.